The molecule has 0 aromatic rings. The molecule has 0 heterocycles. The van der Waals surface area contributed by atoms with Crippen molar-refractivity contribution in [2.24, 2.45) is 5.92 Å². The number of aliphatic hydroxyl groups excluding tert-OH is 1. The Morgan fingerprint density at radius 2 is 1.04 bits per heavy atom. The molecule has 0 fully saturated rings. The molecule has 0 aromatic heterocycles. The molecular weight excluding hydrogens is 616 g/mol. The highest BCUT2D eigenvalue weighted by molar-refractivity contribution is 5.69. The van der Waals surface area contributed by atoms with Gasteiger partial charge in [-0.1, -0.05) is 131 Å². The van der Waals surface area contributed by atoms with Gasteiger partial charge in [0.05, 0.1) is 13.2 Å². The maximum absolute atomic E-state index is 12.6. The molecule has 0 saturated carbocycles. The summed E-state index contributed by atoms with van der Waals surface area (Å²) in [6.45, 7) is 16.9. The molecule has 0 amide bonds. The molecule has 0 bridgehead atoms. The van der Waals surface area contributed by atoms with Gasteiger partial charge < -0.3 is 24.2 Å². The van der Waals surface area contributed by atoms with Crippen molar-refractivity contribution in [3.63, 3.8) is 0 Å². The van der Waals surface area contributed by atoms with Crippen LogP contribution in [0.3, 0.4) is 0 Å². The quantitative estimate of drug-likeness (QED) is 0.0507. The molecule has 0 aliphatic carbocycles. The van der Waals surface area contributed by atoms with E-state index in [4.69, 9.17) is 14.2 Å². The topological polar surface area (TPSA) is 88.5 Å². The normalized spacial score (nSPS) is 12.8. The third-order valence-corrected chi connectivity index (χ3v) is 9.88. The first-order valence-electron chi connectivity index (χ1n) is 21.0. The van der Waals surface area contributed by atoms with E-state index in [2.05, 4.69) is 44.4 Å². The number of carbonyl (C=O) groups excluding carboxylic acids is 2. The van der Waals surface area contributed by atoms with Gasteiger partial charge in [-0.25, -0.2) is 4.79 Å². The van der Waals surface area contributed by atoms with Crippen molar-refractivity contribution in [1.82, 2.24) is 9.80 Å². The van der Waals surface area contributed by atoms with E-state index in [1.54, 1.807) is 0 Å². The predicted octanol–water partition coefficient (Wildman–Crippen LogP) is 10.3. The third-order valence-electron chi connectivity index (χ3n) is 9.88. The summed E-state index contributed by atoms with van der Waals surface area (Å²) in [4.78, 5) is 29.5. The number of ether oxygens (including phenoxy) is 3. The van der Waals surface area contributed by atoms with E-state index in [-0.39, 0.29) is 25.3 Å². The number of rotatable bonds is 37. The average Bonchev–Trinajstić information content (AvgIpc) is 3.10. The summed E-state index contributed by atoms with van der Waals surface area (Å²) in [6, 6.07) is 0. The largest absolute Gasteiger partial charge is 0.508 e. The summed E-state index contributed by atoms with van der Waals surface area (Å²) in [5.74, 6) is 0.496. The summed E-state index contributed by atoms with van der Waals surface area (Å²) >= 11 is 0. The molecule has 0 spiro atoms. The first kappa shape index (κ1) is 47.6. The van der Waals surface area contributed by atoms with Crippen LogP contribution in [-0.2, 0) is 19.0 Å². The van der Waals surface area contributed by atoms with Crippen LogP contribution < -0.4 is 0 Å². The molecule has 8 heteroatoms. The van der Waals surface area contributed by atoms with E-state index in [1.165, 1.54) is 77.0 Å². The summed E-state index contributed by atoms with van der Waals surface area (Å²) in [7, 11) is 0. The number of likely N-dealkylation sites (N-methyl/N-ethyl adjacent to an activating group) is 1. The first-order chi connectivity index (χ1) is 23.9. The van der Waals surface area contributed by atoms with Gasteiger partial charge in [-0.15, -0.1) is 0 Å². The van der Waals surface area contributed by atoms with Crippen LogP contribution in [0.4, 0.5) is 4.79 Å². The van der Waals surface area contributed by atoms with Crippen LogP contribution in [0.5, 0.6) is 0 Å². The maximum Gasteiger partial charge on any atom is 0.508 e. The van der Waals surface area contributed by atoms with Crippen LogP contribution >= 0.6 is 0 Å². The highest BCUT2D eigenvalue weighted by Gasteiger charge is 2.17. The molecule has 49 heavy (non-hydrogen) atoms. The summed E-state index contributed by atoms with van der Waals surface area (Å²) in [6.07, 6.45) is 25.2. The van der Waals surface area contributed by atoms with Crippen LogP contribution in [0.25, 0.3) is 0 Å². The number of hydrogen-bond donors (Lipinski definition) is 1. The Morgan fingerprint density at radius 1 is 0.551 bits per heavy atom. The van der Waals surface area contributed by atoms with E-state index in [0.717, 1.165) is 90.4 Å². The van der Waals surface area contributed by atoms with Crippen LogP contribution in [0.15, 0.2) is 0 Å². The highest BCUT2D eigenvalue weighted by Crippen LogP contribution is 2.20. The lowest BCUT2D eigenvalue weighted by Gasteiger charge is -2.25. The summed E-state index contributed by atoms with van der Waals surface area (Å²) in [5, 5.41) is 9.45. The molecule has 0 saturated heterocycles. The third kappa shape index (κ3) is 31.1. The second kappa shape index (κ2) is 36.4. The van der Waals surface area contributed by atoms with Gasteiger partial charge in [0, 0.05) is 32.6 Å². The molecule has 0 radical (unpaired) electrons. The molecule has 0 aliphatic rings. The first-order valence-corrected chi connectivity index (χ1v) is 21.0. The second-order valence-electron chi connectivity index (χ2n) is 14.2. The number of aliphatic hydroxyl groups is 1. The van der Waals surface area contributed by atoms with Crippen molar-refractivity contribution in [2.45, 2.75) is 188 Å². The van der Waals surface area contributed by atoms with E-state index >= 15 is 0 Å². The Kier molecular flexibility index (Phi) is 35.4. The summed E-state index contributed by atoms with van der Waals surface area (Å²) < 4.78 is 17.0. The fourth-order valence-electron chi connectivity index (χ4n) is 6.45. The zero-order chi connectivity index (χ0) is 36.2. The number of carbonyl (C=O) groups is 2. The van der Waals surface area contributed by atoms with Gasteiger partial charge in [0.25, 0.3) is 0 Å². The Morgan fingerprint density at radius 3 is 1.63 bits per heavy atom. The molecule has 0 aliphatic heterocycles. The van der Waals surface area contributed by atoms with Gasteiger partial charge in [0.2, 0.25) is 0 Å². The molecule has 2 unspecified atom stereocenters. The van der Waals surface area contributed by atoms with Gasteiger partial charge in [0.1, 0.15) is 12.7 Å². The number of unbranched alkanes of at least 4 members (excludes halogenated alkanes) is 14. The molecule has 0 aromatic carbocycles. The van der Waals surface area contributed by atoms with Crippen LogP contribution in [0.2, 0.25) is 0 Å². The molecule has 1 N–H and O–H groups in total. The van der Waals surface area contributed by atoms with E-state index in [1.807, 2.05) is 0 Å². The van der Waals surface area contributed by atoms with Gasteiger partial charge >= 0.3 is 12.1 Å². The lowest BCUT2D eigenvalue weighted by molar-refractivity contribution is -0.145. The van der Waals surface area contributed by atoms with E-state index < -0.39 is 6.16 Å². The average molecular weight is 699 g/mol. The monoisotopic (exact) mass is 699 g/mol. The van der Waals surface area contributed by atoms with Crippen molar-refractivity contribution in [2.75, 3.05) is 59.1 Å². The summed E-state index contributed by atoms with van der Waals surface area (Å²) in [5.41, 5.74) is 0. The number of hydrogen-bond acceptors (Lipinski definition) is 8. The standard InChI is InChI=1S/C41H82N2O6/c1-6-11-14-18-22-27-38(26-21-13-8-3)37-48-40(45)30-25-20-17-16-19-24-29-39(28-23-15-12-7-2)49-41(46)47-36-34-43(33-35-44)32-31-42(9-4)10-5/h38-39,44H,6-37H2,1-5H3. The minimum atomic E-state index is -0.570. The van der Waals surface area contributed by atoms with Crippen molar-refractivity contribution >= 4 is 12.1 Å². The Balaban J connectivity index is 4.33. The van der Waals surface area contributed by atoms with E-state index in [9.17, 15) is 14.7 Å². The zero-order valence-electron chi connectivity index (χ0n) is 33.2. The van der Waals surface area contributed by atoms with Crippen LogP contribution in [0.1, 0.15) is 182 Å². The van der Waals surface area contributed by atoms with Gasteiger partial charge in [-0.2, -0.15) is 0 Å². The number of nitrogens with zero attached hydrogens (tertiary/aromatic N) is 2. The minimum Gasteiger partial charge on any atom is -0.465 e. The maximum atomic E-state index is 12.6. The van der Waals surface area contributed by atoms with Crippen molar-refractivity contribution in [1.29, 1.82) is 0 Å². The molecule has 0 rings (SSSR count). The fraction of sp³-hybridized carbons (Fsp3) is 0.951. The fourth-order valence-corrected chi connectivity index (χ4v) is 6.45. The zero-order valence-corrected chi connectivity index (χ0v) is 33.2. The second-order valence-corrected chi connectivity index (χ2v) is 14.2. The highest BCUT2D eigenvalue weighted by atomic mass is 16.7. The SMILES string of the molecule is CCCCCCCC(CCCCC)COC(=O)CCCCCCCCC(CCCCCC)OC(=O)OCCN(CCO)CCN(CC)CC. The Hall–Kier alpha value is -1.38. The predicted molar refractivity (Wildman–Crippen MR) is 205 cm³/mol. The Bertz CT molecular complexity index is 720. The van der Waals surface area contributed by atoms with Gasteiger partial charge in [-0.05, 0) is 64.0 Å². The van der Waals surface area contributed by atoms with Gasteiger partial charge in [0.15, 0.2) is 0 Å². The van der Waals surface area contributed by atoms with Crippen molar-refractivity contribution < 1.29 is 28.9 Å². The van der Waals surface area contributed by atoms with Crippen molar-refractivity contribution in [3.8, 4) is 0 Å². The van der Waals surface area contributed by atoms with Crippen LogP contribution in [0, 0.1) is 5.92 Å². The van der Waals surface area contributed by atoms with Crippen LogP contribution in [-0.4, -0.2) is 92.2 Å². The molecular formula is C41H82N2O6. The molecule has 2 atom stereocenters. The lowest BCUT2D eigenvalue weighted by Crippen LogP contribution is -2.38. The van der Waals surface area contributed by atoms with Crippen molar-refractivity contribution in [3.05, 3.63) is 0 Å². The molecule has 8 nitrogen and oxygen atoms in total. The minimum absolute atomic E-state index is 0.0258. The van der Waals surface area contributed by atoms with Gasteiger partial charge in [-0.3, -0.25) is 9.69 Å². The van der Waals surface area contributed by atoms with E-state index in [0.29, 0.717) is 32.0 Å². The smallest absolute Gasteiger partial charge is 0.465 e. The lowest BCUT2D eigenvalue weighted by atomic mass is 9.95. The molecule has 292 valence electrons. The Labute approximate surface area is 303 Å². The number of esters is 1.